The van der Waals surface area contributed by atoms with Crippen LogP contribution in [0.3, 0.4) is 0 Å². The number of hydrogen-bond donors (Lipinski definition) is 2. The molecule has 0 saturated carbocycles. The largest absolute Gasteiger partial charge is 0.332 e. The molecule has 0 spiro atoms. The first kappa shape index (κ1) is 23.2. The first-order valence-corrected chi connectivity index (χ1v) is 12.6. The van der Waals surface area contributed by atoms with E-state index in [1.807, 2.05) is 39.0 Å². The highest BCUT2D eigenvalue weighted by Crippen LogP contribution is 2.36. The Hall–Kier alpha value is -2.97. The quantitative estimate of drug-likeness (QED) is 0.461. The minimum Gasteiger partial charge on any atom is -0.332 e. The fourth-order valence-electron chi connectivity index (χ4n) is 4.03. The van der Waals surface area contributed by atoms with E-state index in [4.69, 9.17) is 12.2 Å². The smallest absolute Gasteiger partial charge is 0.264 e. The van der Waals surface area contributed by atoms with Crippen molar-refractivity contribution in [2.24, 2.45) is 0 Å². The van der Waals surface area contributed by atoms with Gasteiger partial charge in [-0.2, -0.15) is 0 Å². The second kappa shape index (κ2) is 9.11. The van der Waals surface area contributed by atoms with Gasteiger partial charge in [0.25, 0.3) is 10.0 Å². The van der Waals surface area contributed by atoms with Gasteiger partial charge in [-0.3, -0.25) is 4.31 Å². The minimum atomic E-state index is -3.81. The van der Waals surface area contributed by atoms with E-state index in [1.165, 1.54) is 16.4 Å². The van der Waals surface area contributed by atoms with Crippen LogP contribution < -0.4 is 14.9 Å². The number of halogens is 1. The molecular formula is C25H26FN3O2S2. The van der Waals surface area contributed by atoms with Crippen LogP contribution in [0.15, 0.2) is 65.6 Å². The van der Waals surface area contributed by atoms with Crippen molar-refractivity contribution in [2.75, 3.05) is 14.9 Å². The summed E-state index contributed by atoms with van der Waals surface area (Å²) in [4.78, 5) is 0.172. The molecular weight excluding hydrogens is 457 g/mol. The molecule has 1 heterocycles. The third-order valence-electron chi connectivity index (χ3n) is 5.82. The average molecular weight is 484 g/mol. The average Bonchev–Trinajstić information content (AvgIpc) is 2.76. The van der Waals surface area contributed by atoms with Gasteiger partial charge in [0.15, 0.2) is 5.11 Å². The molecule has 172 valence electrons. The summed E-state index contributed by atoms with van der Waals surface area (Å²) in [6.45, 7) is 5.88. The van der Waals surface area contributed by atoms with Gasteiger partial charge in [-0.1, -0.05) is 12.1 Å². The Labute approximate surface area is 199 Å². The van der Waals surface area contributed by atoms with Gasteiger partial charge >= 0.3 is 0 Å². The van der Waals surface area contributed by atoms with Gasteiger partial charge in [0.2, 0.25) is 0 Å². The summed E-state index contributed by atoms with van der Waals surface area (Å²) in [6.07, 6.45) is 1.28. The highest BCUT2D eigenvalue weighted by Gasteiger charge is 2.34. The van der Waals surface area contributed by atoms with Crippen molar-refractivity contribution in [1.29, 1.82) is 0 Å². The highest BCUT2D eigenvalue weighted by atomic mass is 32.2. The van der Waals surface area contributed by atoms with Crippen molar-refractivity contribution in [1.82, 2.24) is 0 Å². The Morgan fingerprint density at radius 1 is 1.03 bits per heavy atom. The maximum Gasteiger partial charge on any atom is 0.264 e. The topological polar surface area (TPSA) is 61.4 Å². The van der Waals surface area contributed by atoms with Crippen LogP contribution in [0.25, 0.3) is 0 Å². The first-order valence-electron chi connectivity index (χ1n) is 10.7. The van der Waals surface area contributed by atoms with Gasteiger partial charge in [0.05, 0.1) is 10.6 Å². The number of hydrogen-bond acceptors (Lipinski definition) is 3. The van der Waals surface area contributed by atoms with Gasteiger partial charge in [0, 0.05) is 17.4 Å². The summed E-state index contributed by atoms with van der Waals surface area (Å²) in [5.41, 5.74) is 5.03. The molecule has 5 nitrogen and oxygen atoms in total. The molecule has 0 fully saturated rings. The van der Waals surface area contributed by atoms with Crippen LogP contribution in [0.1, 0.15) is 30.0 Å². The van der Waals surface area contributed by atoms with Crippen LogP contribution in [-0.2, 0) is 16.4 Å². The lowest BCUT2D eigenvalue weighted by atomic mass is 9.99. The summed E-state index contributed by atoms with van der Waals surface area (Å²) in [5, 5.41) is 6.69. The third-order valence-corrected chi connectivity index (χ3v) is 7.97. The molecule has 1 aliphatic heterocycles. The van der Waals surface area contributed by atoms with Crippen LogP contribution in [0, 0.1) is 19.7 Å². The predicted octanol–water partition coefficient (Wildman–Crippen LogP) is 5.78. The normalized spacial score (nSPS) is 15.6. The molecule has 3 aromatic rings. The standard InChI is InChI=1S/C25H26FN3O2S2/c1-16-4-5-17(2)23(14-16)28-25(32)27-21-9-11-22(12-10-21)33(30,31)29-18(3)6-7-19-15-20(26)8-13-24(19)29/h4-5,8-15,18H,6-7H2,1-3H3,(H2,27,28,32)/t18-/m1/s1. The van der Waals surface area contributed by atoms with Gasteiger partial charge in [-0.15, -0.1) is 0 Å². The molecule has 1 atom stereocenters. The molecule has 0 amide bonds. The molecule has 0 aliphatic carbocycles. The van der Waals surface area contributed by atoms with E-state index in [2.05, 4.69) is 10.6 Å². The predicted molar refractivity (Wildman–Crippen MR) is 136 cm³/mol. The zero-order valence-corrected chi connectivity index (χ0v) is 20.4. The van der Waals surface area contributed by atoms with Crippen molar-refractivity contribution in [3.05, 3.63) is 83.2 Å². The van der Waals surface area contributed by atoms with E-state index >= 15 is 0 Å². The summed E-state index contributed by atoms with van der Waals surface area (Å²) >= 11 is 5.42. The molecule has 33 heavy (non-hydrogen) atoms. The van der Waals surface area contributed by atoms with E-state index in [1.54, 1.807) is 30.3 Å². The molecule has 8 heteroatoms. The van der Waals surface area contributed by atoms with E-state index in [9.17, 15) is 12.8 Å². The lowest BCUT2D eigenvalue weighted by molar-refractivity contribution is 0.560. The fourth-order valence-corrected chi connectivity index (χ4v) is 5.98. The Balaban J connectivity index is 1.53. The number of benzene rings is 3. The van der Waals surface area contributed by atoms with Gasteiger partial charge < -0.3 is 10.6 Å². The van der Waals surface area contributed by atoms with Crippen molar-refractivity contribution < 1.29 is 12.8 Å². The molecule has 4 rings (SSSR count). The second-order valence-electron chi connectivity index (χ2n) is 8.38. The van der Waals surface area contributed by atoms with Crippen LogP contribution in [0.4, 0.5) is 21.5 Å². The Bertz CT molecular complexity index is 1310. The summed E-state index contributed by atoms with van der Waals surface area (Å²) in [7, 11) is -3.81. The second-order valence-corrected chi connectivity index (χ2v) is 10.6. The van der Waals surface area contributed by atoms with E-state index in [0.29, 0.717) is 34.9 Å². The van der Waals surface area contributed by atoms with Crippen molar-refractivity contribution in [3.63, 3.8) is 0 Å². The Morgan fingerprint density at radius 3 is 2.48 bits per heavy atom. The van der Waals surface area contributed by atoms with Crippen LogP contribution in [0.5, 0.6) is 0 Å². The zero-order chi connectivity index (χ0) is 23.8. The molecule has 0 unspecified atom stereocenters. The number of anilines is 3. The third kappa shape index (κ3) is 4.86. The van der Waals surface area contributed by atoms with E-state index < -0.39 is 10.0 Å². The summed E-state index contributed by atoms with van der Waals surface area (Å²) < 4.78 is 42.0. The van der Waals surface area contributed by atoms with Crippen LogP contribution >= 0.6 is 12.2 Å². The molecule has 3 aromatic carbocycles. The van der Waals surface area contributed by atoms with Gasteiger partial charge in [0.1, 0.15) is 5.82 Å². The number of rotatable bonds is 4. The molecule has 0 bridgehead atoms. The maximum atomic E-state index is 13.7. The number of aryl methyl sites for hydroxylation is 3. The Kier molecular flexibility index (Phi) is 6.41. The first-order chi connectivity index (χ1) is 15.6. The van der Waals surface area contributed by atoms with Crippen molar-refractivity contribution >= 4 is 44.4 Å². The number of nitrogens with one attached hydrogen (secondary N) is 2. The number of thiocarbonyl (C=S) groups is 1. The number of nitrogens with zero attached hydrogens (tertiary/aromatic N) is 1. The SMILES string of the molecule is Cc1ccc(C)c(NC(=S)Nc2ccc(S(=O)(=O)N3c4ccc(F)cc4CC[C@H]3C)cc2)c1. The molecule has 2 N–H and O–H groups in total. The maximum absolute atomic E-state index is 13.7. The molecule has 1 aliphatic rings. The number of fused-ring (bicyclic) bond motifs is 1. The fraction of sp³-hybridized carbons (Fsp3) is 0.240. The Morgan fingerprint density at radius 2 is 1.76 bits per heavy atom. The zero-order valence-electron chi connectivity index (χ0n) is 18.7. The lowest BCUT2D eigenvalue weighted by Crippen LogP contribution is -2.42. The van der Waals surface area contributed by atoms with Crippen molar-refractivity contribution in [3.8, 4) is 0 Å². The van der Waals surface area contributed by atoms with Crippen molar-refractivity contribution in [2.45, 2.75) is 44.6 Å². The van der Waals surface area contributed by atoms with E-state index in [-0.39, 0.29) is 16.8 Å². The number of sulfonamides is 1. The molecule has 0 saturated heterocycles. The van der Waals surface area contributed by atoms with Gasteiger partial charge in [-0.25, -0.2) is 12.8 Å². The summed E-state index contributed by atoms with van der Waals surface area (Å²) in [5.74, 6) is -0.360. The highest BCUT2D eigenvalue weighted by molar-refractivity contribution is 7.92. The van der Waals surface area contributed by atoms with Gasteiger partial charge in [-0.05, 0) is 111 Å². The molecule has 0 radical (unpaired) electrons. The van der Waals surface area contributed by atoms with E-state index in [0.717, 1.165) is 16.8 Å². The minimum absolute atomic E-state index is 0.172. The monoisotopic (exact) mass is 483 g/mol. The molecule has 0 aromatic heterocycles. The lowest BCUT2D eigenvalue weighted by Gasteiger charge is -2.36. The van der Waals surface area contributed by atoms with Crippen LogP contribution in [0.2, 0.25) is 0 Å². The summed E-state index contributed by atoms with van der Waals surface area (Å²) in [6, 6.07) is 16.6. The van der Waals surface area contributed by atoms with Crippen LogP contribution in [-0.4, -0.2) is 19.6 Å².